The Labute approximate surface area is 136 Å². The lowest BCUT2D eigenvalue weighted by atomic mass is 10.0. The molecule has 0 saturated carbocycles. The molecule has 0 aliphatic carbocycles. The monoisotopic (exact) mass is 334 g/mol. The number of H-pyrrole nitrogens is 1. The molecule has 1 aromatic carbocycles. The molecule has 1 amide bonds. The lowest BCUT2D eigenvalue weighted by Crippen LogP contribution is -2.33. The van der Waals surface area contributed by atoms with E-state index in [1.54, 1.807) is 6.92 Å². The minimum Gasteiger partial charge on any atom is -0.391 e. The Morgan fingerprint density at radius 1 is 1.33 bits per heavy atom. The van der Waals surface area contributed by atoms with Crippen LogP contribution in [0.2, 0.25) is 0 Å². The van der Waals surface area contributed by atoms with Gasteiger partial charge in [0.2, 0.25) is 5.56 Å². The van der Waals surface area contributed by atoms with E-state index < -0.39 is 29.7 Å². The van der Waals surface area contributed by atoms with Crippen molar-refractivity contribution in [3.63, 3.8) is 0 Å². The van der Waals surface area contributed by atoms with Gasteiger partial charge in [0, 0.05) is 24.4 Å². The van der Waals surface area contributed by atoms with Gasteiger partial charge in [0.05, 0.1) is 17.7 Å². The van der Waals surface area contributed by atoms with Crippen LogP contribution < -0.4 is 5.56 Å². The van der Waals surface area contributed by atoms with Crippen LogP contribution in [0.25, 0.3) is 0 Å². The van der Waals surface area contributed by atoms with Crippen molar-refractivity contribution in [1.82, 2.24) is 9.88 Å². The number of benzene rings is 1. The predicted molar refractivity (Wildman–Crippen MR) is 82.6 cm³/mol. The molecule has 0 spiro atoms. The first-order valence-electron chi connectivity index (χ1n) is 7.50. The summed E-state index contributed by atoms with van der Waals surface area (Å²) in [6, 6.07) is 3.57. The number of nitrogens with zero attached hydrogens (tertiary/aromatic N) is 1. The van der Waals surface area contributed by atoms with Crippen LogP contribution in [-0.2, 0) is 0 Å². The third-order valence-corrected chi connectivity index (χ3v) is 4.22. The Morgan fingerprint density at radius 2 is 2.08 bits per heavy atom. The average molecular weight is 334 g/mol. The predicted octanol–water partition coefficient (Wildman–Crippen LogP) is 1.91. The van der Waals surface area contributed by atoms with Gasteiger partial charge >= 0.3 is 0 Å². The van der Waals surface area contributed by atoms with E-state index in [0.29, 0.717) is 5.56 Å². The molecule has 2 aromatic rings. The maximum atomic E-state index is 14.1. The molecule has 24 heavy (non-hydrogen) atoms. The fraction of sp³-hybridized carbons (Fsp3) is 0.294. The van der Waals surface area contributed by atoms with Crippen molar-refractivity contribution in [3.8, 4) is 0 Å². The van der Waals surface area contributed by atoms with Gasteiger partial charge in [-0.15, -0.1) is 0 Å². The number of carbonyl (C=O) groups is 1. The Morgan fingerprint density at radius 3 is 2.79 bits per heavy atom. The number of rotatable bonds is 2. The molecular formula is C17H16F2N2O3. The van der Waals surface area contributed by atoms with Crippen molar-refractivity contribution in [1.29, 1.82) is 0 Å². The summed E-state index contributed by atoms with van der Waals surface area (Å²) in [7, 11) is 0. The molecule has 1 aliphatic heterocycles. The van der Waals surface area contributed by atoms with Gasteiger partial charge in [0.25, 0.3) is 5.91 Å². The Hall–Kier alpha value is -2.54. The Kier molecular flexibility index (Phi) is 4.19. The Balaban J connectivity index is 2.00. The van der Waals surface area contributed by atoms with Crippen molar-refractivity contribution in [2.45, 2.75) is 25.5 Å². The van der Waals surface area contributed by atoms with E-state index in [2.05, 4.69) is 4.98 Å². The van der Waals surface area contributed by atoms with Crippen LogP contribution in [0.4, 0.5) is 8.78 Å². The second kappa shape index (κ2) is 6.16. The number of nitrogens with one attached hydrogen (secondary N) is 1. The molecule has 2 heterocycles. The highest BCUT2D eigenvalue weighted by molar-refractivity contribution is 5.95. The zero-order valence-electron chi connectivity index (χ0n) is 12.9. The number of carbonyl (C=O) groups excluding carboxylic acids is 1. The van der Waals surface area contributed by atoms with Crippen molar-refractivity contribution in [2.24, 2.45) is 0 Å². The number of aromatic nitrogens is 1. The fourth-order valence-corrected chi connectivity index (χ4v) is 3.06. The molecule has 2 atom stereocenters. The zero-order chi connectivity index (χ0) is 17.4. The first-order valence-corrected chi connectivity index (χ1v) is 7.50. The minimum atomic E-state index is -0.829. The van der Waals surface area contributed by atoms with Gasteiger partial charge in [0.1, 0.15) is 11.6 Å². The van der Waals surface area contributed by atoms with Crippen LogP contribution in [0, 0.1) is 18.6 Å². The van der Waals surface area contributed by atoms with Crippen LogP contribution in [0.5, 0.6) is 0 Å². The summed E-state index contributed by atoms with van der Waals surface area (Å²) in [5.41, 5.74) is 0.425. The van der Waals surface area contributed by atoms with Crippen molar-refractivity contribution in [2.75, 3.05) is 6.54 Å². The summed E-state index contributed by atoms with van der Waals surface area (Å²) < 4.78 is 27.6. The number of amides is 1. The number of β-amino-alcohol motifs (C(OH)–C–C–N with tert-alkyl or cyclic N) is 1. The van der Waals surface area contributed by atoms with E-state index in [1.165, 1.54) is 17.2 Å². The third kappa shape index (κ3) is 2.94. The topological polar surface area (TPSA) is 73.4 Å². The minimum absolute atomic E-state index is 0.0119. The lowest BCUT2D eigenvalue weighted by Gasteiger charge is -2.25. The molecule has 1 aromatic heterocycles. The van der Waals surface area contributed by atoms with Gasteiger partial charge < -0.3 is 15.0 Å². The highest BCUT2D eigenvalue weighted by atomic mass is 19.1. The fourth-order valence-electron chi connectivity index (χ4n) is 3.06. The number of hydrogen-bond donors (Lipinski definition) is 2. The SMILES string of the molecule is Cc1cc(=O)[nH]cc1C(=O)N1C[C@@H](O)C[C@H]1c1cc(F)ccc1F. The van der Waals surface area contributed by atoms with Gasteiger partial charge in [-0.25, -0.2) is 8.78 Å². The molecular weight excluding hydrogens is 318 g/mol. The molecule has 0 radical (unpaired) electrons. The number of aryl methyl sites for hydroxylation is 1. The van der Waals surface area contributed by atoms with E-state index in [-0.39, 0.29) is 29.7 Å². The third-order valence-electron chi connectivity index (χ3n) is 4.22. The Bertz CT molecular complexity index is 850. The number of likely N-dealkylation sites (tertiary alicyclic amines) is 1. The number of hydrogen-bond acceptors (Lipinski definition) is 3. The molecule has 5 nitrogen and oxygen atoms in total. The normalized spacial score (nSPS) is 20.4. The maximum absolute atomic E-state index is 14.1. The molecule has 1 saturated heterocycles. The molecule has 0 bridgehead atoms. The van der Waals surface area contributed by atoms with E-state index in [0.717, 1.165) is 18.2 Å². The quantitative estimate of drug-likeness (QED) is 0.881. The van der Waals surface area contributed by atoms with E-state index >= 15 is 0 Å². The summed E-state index contributed by atoms with van der Waals surface area (Å²) in [4.78, 5) is 27.8. The molecule has 3 rings (SSSR count). The van der Waals surface area contributed by atoms with E-state index in [4.69, 9.17) is 0 Å². The van der Waals surface area contributed by atoms with Gasteiger partial charge in [-0.05, 0) is 37.1 Å². The van der Waals surface area contributed by atoms with Crippen LogP contribution in [0.15, 0.2) is 35.3 Å². The largest absolute Gasteiger partial charge is 0.391 e. The first-order chi connectivity index (χ1) is 11.4. The lowest BCUT2D eigenvalue weighted by molar-refractivity contribution is 0.0712. The summed E-state index contributed by atoms with van der Waals surface area (Å²) >= 11 is 0. The van der Waals surface area contributed by atoms with E-state index in [1.807, 2.05) is 0 Å². The van der Waals surface area contributed by atoms with Crippen molar-refractivity contribution >= 4 is 5.91 Å². The van der Waals surface area contributed by atoms with Crippen LogP contribution in [0.1, 0.15) is 33.9 Å². The average Bonchev–Trinajstić information content (AvgIpc) is 2.91. The van der Waals surface area contributed by atoms with E-state index in [9.17, 15) is 23.5 Å². The van der Waals surface area contributed by atoms with Gasteiger partial charge in [-0.3, -0.25) is 9.59 Å². The van der Waals surface area contributed by atoms with Crippen LogP contribution in [-0.4, -0.2) is 33.5 Å². The number of aliphatic hydroxyl groups is 1. The molecule has 7 heteroatoms. The summed E-state index contributed by atoms with van der Waals surface area (Å²) in [6.45, 7) is 1.63. The zero-order valence-corrected chi connectivity index (χ0v) is 12.9. The summed E-state index contributed by atoms with van der Waals surface area (Å²) in [6.07, 6.45) is 0.586. The second-order valence-corrected chi connectivity index (χ2v) is 5.92. The molecule has 1 aliphatic rings. The molecule has 0 unspecified atom stereocenters. The number of pyridine rings is 1. The van der Waals surface area contributed by atoms with Gasteiger partial charge in [0.15, 0.2) is 0 Å². The molecule has 126 valence electrons. The molecule has 1 fully saturated rings. The maximum Gasteiger partial charge on any atom is 0.256 e. The van der Waals surface area contributed by atoms with Crippen LogP contribution in [0.3, 0.4) is 0 Å². The second-order valence-electron chi connectivity index (χ2n) is 5.92. The summed E-state index contributed by atoms with van der Waals surface area (Å²) in [5, 5.41) is 9.93. The highest BCUT2D eigenvalue weighted by Gasteiger charge is 2.37. The number of aliphatic hydroxyl groups excluding tert-OH is 1. The highest BCUT2D eigenvalue weighted by Crippen LogP contribution is 2.35. The van der Waals surface area contributed by atoms with Gasteiger partial charge in [-0.1, -0.05) is 0 Å². The summed E-state index contributed by atoms with van der Waals surface area (Å²) in [5.74, 6) is -1.69. The molecule has 2 N–H and O–H groups in total. The van der Waals surface area contributed by atoms with Gasteiger partial charge in [-0.2, -0.15) is 0 Å². The van der Waals surface area contributed by atoms with Crippen LogP contribution >= 0.6 is 0 Å². The van der Waals surface area contributed by atoms with Crippen molar-refractivity contribution < 1.29 is 18.7 Å². The number of aromatic amines is 1. The van der Waals surface area contributed by atoms with Crippen molar-refractivity contribution in [3.05, 3.63) is 69.1 Å². The number of halogens is 2. The standard InChI is InChI=1S/C17H16F2N2O3/c1-9-4-16(23)20-7-13(9)17(24)21-8-11(22)6-15(21)12-5-10(18)2-3-14(12)19/h2-5,7,11,15,22H,6,8H2,1H3,(H,20,23)/t11-,15-/m0/s1. The first kappa shape index (κ1) is 16.3. The smallest absolute Gasteiger partial charge is 0.256 e.